The number of hydrogen-bond acceptors (Lipinski definition) is 4. The number of nitrogens with two attached hydrogens (primary N) is 1. The number of imidazole rings is 1. The van der Waals surface area contributed by atoms with Crippen LogP contribution in [-0.2, 0) is 4.79 Å². The van der Waals surface area contributed by atoms with Gasteiger partial charge in [-0.05, 0) is 18.2 Å². The van der Waals surface area contributed by atoms with Crippen molar-refractivity contribution in [3.63, 3.8) is 0 Å². The number of aliphatic hydroxyl groups is 1. The summed E-state index contributed by atoms with van der Waals surface area (Å²) in [7, 11) is 1.53. The van der Waals surface area contributed by atoms with Gasteiger partial charge in [-0.3, -0.25) is 4.79 Å². The second kappa shape index (κ2) is 4.63. The molecule has 0 radical (unpaired) electrons. The molecule has 0 bridgehead atoms. The Bertz CT molecular complexity index is 630. The Morgan fingerprint density at radius 1 is 1.44 bits per heavy atom. The SMILES string of the molecule is CN(C(=O)C(O)CN)c1ccc2[nH]c(=O)[nH]c2c1. The molecule has 7 heteroatoms. The van der Waals surface area contributed by atoms with E-state index in [-0.39, 0.29) is 12.2 Å². The molecule has 18 heavy (non-hydrogen) atoms. The number of amides is 1. The van der Waals surface area contributed by atoms with Gasteiger partial charge < -0.3 is 25.7 Å². The van der Waals surface area contributed by atoms with Gasteiger partial charge in [-0.1, -0.05) is 0 Å². The van der Waals surface area contributed by atoms with Crippen LogP contribution in [0.4, 0.5) is 5.69 Å². The number of carbonyl (C=O) groups is 1. The second-order valence-corrected chi connectivity index (χ2v) is 3.96. The quantitative estimate of drug-likeness (QED) is 0.567. The number of hydrogen-bond donors (Lipinski definition) is 4. The van der Waals surface area contributed by atoms with Gasteiger partial charge in [0.05, 0.1) is 11.0 Å². The van der Waals surface area contributed by atoms with Gasteiger partial charge in [-0.25, -0.2) is 4.79 Å². The van der Waals surface area contributed by atoms with Crippen LogP contribution in [0.25, 0.3) is 11.0 Å². The van der Waals surface area contributed by atoms with Gasteiger partial charge in [0.15, 0.2) is 0 Å². The van der Waals surface area contributed by atoms with Gasteiger partial charge in [0.2, 0.25) is 0 Å². The maximum Gasteiger partial charge on any atom is 0.323 e. The highest BCUT2D eigenvalue weighted by Crippen LogP contribution is 2.18. The number of aliphatic hydroxyl groups excluding tert-OH is 1. The molecule has 7 nitrogen and oxygen atoms in total. The third-order valence-electron chi connectivity index (χ3n) is 2.73. The first-order valence-corrected chi connectivity index (χ1v) is 5.40. The van der Waals surface area contributed by atoms with E-state index in [1.807, 2.05) is 0 Å². The molecule has 0 saturated carbocycles. The van der Waals surface area contributed by atoms with Gasteiger partial charge in [0.1, 0.15) is 6.10 Å². The number of fused-ring (bicyclic) bond motifs is 1. The number of rotatable bonds is 3. The Hall–Kier alpha value is -2.12. The Morgan fingerprint density at radius 2 is 2.11 bits per heavy atom. The molecule has 0 aliphatic rings. The van der Waals surface area contributed by atoms with Crippen molar-refractivity contribution in [2.75, 3.05) is 18.5 Å². The minimum absolute atomic E-state index is 0.133. The van der Waals surface area contributed by atoms with Crippen LogP contribution in [0.3, 0.4) is 0 Å². The topological polar surface area (TPSA) is 115 Å². The lowest BCUT2D eigenvalue weighted by Gasteiger charge is -2.19. The van der Waals surface area contributed by atoms with E-state index in [4.69, 9.17) is 5.73 Å². The summed E-state index contributed by atoms with van der Waals surface area (Å²) in [5, 5.41) is 9.40. The number of aromatic amines is 2. The van der Waals surface area contributed by atoms with Gasteiger partial charge in [-0.2, -0.15) is 0 Å². The van der Waals surface area contributed by atoms with Crippen molar-refractivity contribution in [3.8, 4) is 0 Å². The molecule has 5 N–H and O–H groups in total. The van der Waals surface area contributed by atoms with E-state index in [0.29, 0.717) is 16.7 Å². The maximum absolute atomic E-state index is 11.7. The zero-order chi connectivity index (χ0) is 13.3. The summed E-state index contributed by atoms with van der Waals surface area (Å²) in [5.41, 5.74) is 6.74. The molecule has 1 aromatic heterocycles. The minimum Gasteiger partial charge on any atom is -0.382 e. The van der Waals surface area contributed by atoms with E-state index in [9.17, 15) is 14.7 Å². The van der Waals surface area contributed by atoms with Crippen molar-refractivity contribution >= 4 is 22.6 Å². The zero-order valence-electron chi connectivity index (χ0n) is 9.80. The summed E-state index contributed by atoms with van der Waals surface area (Å²) in [6.07, 6.45) is -1.23. The Morgan fingerprint density at radius 3 is 2.78 bits per heavy atom. The van der Waals surface area contributed by atoms with Crippen LogP contribution in [0.2, 0.25) is 0 Å². The standard InChI is InChI=1S/C11H14N4O3/c1-15(10(17)9(16)5-12)6-2-3-7-8(4-6)14-11(18)13-7/h2-4,9,16H,5,12H2,1H3,(H2,13,14,18). The fourth-order valence-corrected chi connectivity index (χ4v) is 1.68. The largest absolute Gasteiger partial charge is 0.382 e. The number of anilines is 1. The van der Waals surface area contributed by atoms with Crippen molar-refractivity contribution in [1.82, 2.24) is 9.97 Å². The molecule has 1 aromatic carbocycles. The maximum atomic E-state index is 11.7. The number of aromatic nitrogens is 2. The molecule has 2 rings (SSSR count). The minimum atomic E-state index is -1.23. The number of carbonyl (C=O) groups excluding carboxylic acids is 1. The molecule has 0 spiro atoms. The summed E-state index contributed by atoms with van der Waals surface area (Å²) in [5.74, 6) is -0.491. The number of H-pyrrole nitrogens is 2. The predicted molar refractivity (Wildman–Crippen MR) is 67.4 cm³/mol. The summed E-state index contributed by atoms with van der Waals surface area (Å²) in [6, 6.07) is 5.00. The van der Waals surface area contributed by atoms with Gasteiger partial charge in [0.25, 0.3) is 5.91 Å². The first-order chi connectivity index (χ1) is 8.52. The van der Waals surface area contributed by atoms with Crippen molar-refractivity contribution in [2.24, 2.45) is 5.73 Å². The third-order valence-corrected chi connectivity index (χ3v) is 2.73. The molecule has 0 aliphatic carbocycles. The molecule has 2 aromatic rings. The smallest absolute Gasteiger partial charge is 0.323 e. The molecule has 0 fully saturated rings. The summed E-state index contributed by atoms with van der Waals surface area (Å²) >= 11 is 0. The highest BCUT2D eigenvalue weighted by Gasteiger charge is 2.19. The monoisotopic (exact) mass is 250 g/mol. The number of benzene rings is 1. The van der Waals surface area contributed by atoms with E-state index in [1.54, 1.807) is 18.2 Å². The lowest BCUT2D eigenvalue weighted by atomic mass is 10.2. The summed E-state index contributed by atoms with van der Waals surface area (Å²) in [4.78, 5) is 29.3. The highest BCUT2D eigenvalue weighted by atomic mass is 16.3. The first-order valence-electron chi connectivity index (χ1n) is 5.40. The van der Waals surface area contributed by atoms with Crippen LogP contribution in [0.15, 0.2) is 23.0 Å². The number of likely N-dealkylation sites (N-methyl/N-ethyl adjacent to an activating group) is 1. The molecule has 1 heterocycles. The van der Waals surface area contributed by atoms with Crippen LogP contribution >= 0.6 is 0 Å². The van der Waals surface area contributed by atoms with Crippen LogP contribution in [0, 0.1) is 0 Å². The zero-order valence-corrected chi connectivity index (χ0v) is 9.80. The van der Waals surface area contributed by atoms with Gasteiger partial charge >= 0.3 is 5.69 Å². The average Bonchev–Trinajstić information content (AvgIpc) is 2.74. The molecule has 0 saturated heterocycles. The van der Waals surface area contributed by atoms with Crippen LogP contribution < -0.4 is 16.3 Å². The van der Waals surface area contributed by atoms with E-state index in [2.05, 4.69) is 9.97 Å². The Balaban J connectivity index is 2.35. The van der Waals surface area contributed by atoms with Crippen LogP contribution in [-0.4, -0.2) is 40.7 Å². The molecular formula is C11H14N4O3. The van der Waals surface area contributed by atoms with Gasteiger partial charge in [-0.15, -0.1) is 0 Å². The lowest BCUT2D eigenvalue weighted by molar-refractivity contribution is -0.125. The fraction of sp³-hybridized carbons (Fsp3) is 0.273. The van der Waals surface area contributed by atoms with E-state index in [0.717, 1.165) is 0 Å². The highest BCUT2D eigenvalue weighted by molar-refractivity contribution is 5.97. The fourth-order valence-electron chi connectivity index (χ4n) is 1.68. The Labute approximate surface area is 102 Å². The van der Waals surface area contributed by atoms with E-state index in [1.165, 1.54) is 11.9 Å². The van der Waals surface area contributed by atoms with Crippen molar-refractivity contribution in [3.05, 3.63) is 28.7 Å². The molecule has 1 unspecified atom stereocenters. The molecule has 96 valence electrons. The van der Waals surface area contributed by atoms with Crippen molar-refractivity contribution in [2.45, 2.75) is 6.10 Å². The number of nitrogens with zero attached hydrogens (tertiary/aromatic N) is 1. The normalized spacial score (nSPS) is 12.6. The lowest BCUT2D eigenvalue weighted by Crippen LogP contribution is -2.40. The summed E-state index contributed by atoms with van der Waals surface area (Å²) in [6.45, 7) is -0.133. The molecular weight excluding hydrogens is 236 g/mol. The van der Waals surface area contributed by atoms with Crippen LogP contribution in [0.1, 0.15) is 0 Å². The van der Waals surface area contributed by atoms with E-state index >= 15 is 0 Å². The molecule has 0 aliphatic heterocycles. The van der Waals surface area contributed by atoms with Gasteiger partial charge in [0, 0.05) is 19.3 Å². The van der Waals surface area contributed by atoms with E-state index < -0.39 is 12.0 Å². The van der Waals surface area contributed by atoms with Crippen molar-refractivity contribution < 1.29 is 9.90 Å². The predicted octanol–water partition coefficient (Wildman–Crippen LogP) is -0.861. The molecule has 1 amide bonds. The molecule has 1 atom stereocenters. The van der Waals surface area contributed by atoms with Crippen molar-refractivity contribution in [1.29, 1.82) is 0 Å². The Kier molecular flexibility index (Phi) is 3.17. The average molecular weight is 250 g/mol. The number of nitrogens with one attached hydrogen (secondary N) is 2. The first kappa shape index (κ1) is 12.3. The second-order valence-electron chi connectivity index (χ2n) is 3.96. The van der Waals surface area contributed by atoms with Crippen LogP contribution in [0.5, 0.6) is 0 Å². The summed E-state index contributed by atoms with van der Waals surface area (Å²) < 4.78 is 0. The third kappa shape index (κ3) is 2.13.